The van der Waals surface area contributed by atoms with Crippen LogP contribution in [-0.2, 0) is 16.4 Å². The maximum Gasteiger partial charge on any atom is 0.416 e. The SMILES string of the molecule is O=C(O)C1(c2c(O)cc(C(F)(F)F)cc2Cl)CCC1. The summed E-state index contributed by atoms with van der Waals surface area (Å²) in [5, 5.41) is 18.6. The molecule has 0 radical (unpaired) electrons. The van der Waals surface area contributed by atoms with Crippen LogP contribution in [0, 0.1) is 0 Å². The van der Waals surface area contributed by atoms with Gasteiger partial charge in [-0.2, -0.15) is 13.2 Å². The third-order valence-corrected chi connectivity index (χ3v) is 3.79. The zero-order valence-corrected chi connectivity index (χ0v) is 10.3. The van der Waals surface area contributed by atoms with E-state index in [0.717, 1.165) is 0 Å². The number of halogens is 4. The largest absolute Gasteiger partial charge is 0.508 e. The van der Waals surface area contributed by atoms with Crippen LogP contribution in [0.2, 0.25) is 5.02 Å². The average molecular weight is 295 g/mol. The lowest BCUT2D eigenvalue weighted by Crippen LogP contribution is -2.42. The van der Waals surface area contributed by atoms with Gasteiger partial charge >= 0.3 is 12.1 Å². The first-order chi connectivity index (χ1) is 8.68. The van der Waals surface area contributed by atoms with Crippen LogP contribution in [0.15, 0.2) is 12.1 Å². The van der Waals surface area contributed by atoms with Gasteiger partial charge in [-0.05, 0) is 25.0 Å². The Morgan fingerprint density at radius 3 is 2.21 bits per heavy atom. The van der Waals surface area contributed by atoms with E-state index < -0.39 is 28.9 Å². The molecule has 1 aliphatic carbocycles. The molecule has 104 valence electrons. The monoisotopic (exact) mass is 294 g/mol. The van der Waals surface area contributed by atoms with Crippen LogP contribution in [-0.4, -0.2) is 16.2 Å². The second-order valence-corrected chi connectivity index (χ2v) is 5.00. The molecular formula is C12H10ClF3O3. The number of benzene rings is 1. The quantitative estimate of drug-likeness (QED) is 0.876. The van der Waals surface area contributed by atoms with E-state index in [9.17, 15) is 28.2 Å². The Labute approximate surface area is 111 Å². The summed E-state index contributed by atoms with van der Waals surface area (Å²) in [5.41, 5.74) is -2.59. The molecule has 7 heteroatoms. The average Bonchev–Trinajstić information content (AvgIpc) is 2.18. The number of hydrogen-bond acceptors (Lipinski definition) is 2. The van der Waals surface area contributed by atoms with Crippen molar-refractivity contribution >= 4 is 17.6 Å². The molecule has 1 fully saturated rings. The van der Waals surface area contributed by atoms with Gasteiger partial charge in [-0.25, -0.2) is 0 Å². The van der Waals surface area contributed by atoms with Crippen LogP contribution < -0.4 is 0 Å². The van der Waals surface area contributed by atoms with Gasteiger partial charge in [-0.1, -0.05) is 18.0 Å². The summed E-state index contributed by atoms with van der Waals surface area (Å²) in [5.74, 6) is -1.90. The molecule has 3 nitrogen and oxygen atoms in total. The molecular weight excluding hydrogens is 285 g/mol. The first-order valence-electron chi connectivity index (χ1n) is 5.52. The second-order valence-electron chi connectivity index (χ2n) is 4.59. The zero-order chi connectivity index (χ0) is 14.4. The fourth-order valence-electron chi connectivity index (χ4n) is 2.33. The van der Waals surface area contributed by atoms with Gasteiger partial charge in [-0.15, -0.1) is 0 Å². The summed E-state index contributed by atoms with van der Waals surface area (Å²) in [4.78, 5) is 11.3. The molecule has 2 rings (SSSR count). The van der Waals surface area contributed by atoms with Gasteiger partial charge in [0.1, 0.15) is 5.75 Å². The van der Waals surface area contributed by atoms with Crippen LogP contribution in [0.4, 0.5) is 13.2 Å². The van der Waals surface area contributed by atoms with Crippen molar-refractivity contribution < 1.29 is 28.2 Å². The normalized spacial score (nSPS) is 17.9. The summed E-state index contributed by atoms with van der Waals surface area (Å²) in [6, 6.07) is 1.17. The highest BCUT2D eigenvalue weighted by atomic mass is 35.5. The summed E-state index contributed by atoms with van der Waals surface area (Å²) in [6.45, 7) is 0. The van der Waals surface area contributed by atoms with E-state index in [0.29, 0.717) is 18.6 Å². The molecule has 2 N–H and O–H groups in total. The fourth-order valence-corrected chi connectivity index (χ4v) is 2.73. The lowest BCUT2D eigenvalue weighted by molar-refractivity contribution is -0.147. The third kappa shape index (κ3) is 2.14. The molecule has 0 aromatic heterocycles. The number of carboxylic acids is 1. The highest BCUT2D eigenvalue weighted by Gasteiger charge is 2.49. The number of hydrogen-bond donors (Lipinski definition) is 2. The molecule has 0 amide bonds. The predicted molar refractivity (Wildman–Crippen MR) is 61.3 cm³/mol. The Morgan fingerprint density at radius 2 is 1.89 bits per heavy atom. The zero-order valence-electron chi connectivity index (χ0n) is 9.59. The topological polar surface area (TPSA) is 57.5 Å². The Kier molecular flexibility index (Phi) is 3.16. The predicted octanol–water partition coefficient (Wildman–Crippen LogP) is 3.57. The van der Waals surface area contributed by atoms with Crippen molar-refractivity contribution in [2.75, 3.05) is 0 Å². The minimum atomic E-state index is -4.64. The van der Waals surface area contributed by atoms with Crippen molar-refractivity contribution in [1.29, 1.82) is 0 Å². The fraction of sp³-hybridized carbons (Fsp3) is 0.417. The molecule has 0 spiro atoms. The van der Waals surface area contributed by atoms with Crippen LogP contribution in [0.1, 0.15) is 30.4 Å². The molecule has 19 heavy (non-hydrogen) atoms. The first kappa shape index (κ1) is 14.0. The highest BCUT2D eigenvalue weighted by Crippen LogP contribution is 2.51. The highest BCUT2D eigenvalue weighted by molar-refractivity contribution is 6.32. The summed E-state index contributed by atoms with van der Waals surface area (Å²) in [6.07, 6.45) is -3.51. The van der Waals surface area contributed by atoms with E-state index in [4.69, 9.17) is 11.6 Å². The number of aliphatic carboxylic acids is 1. The summed E-state index contributed by atoms with van der Waals surface area (Å²) in [7, 11) is 0. The molecule has 0 atom stereocenters. The molecule has 1 saturated carbocycles. The molecule has 0 heterocycles. The van der Waals surface area contributed by atoms with E-state index in [-0.39, 0.29) is 23.4 Å². The van der Waals surface area contributed by atoms with Crippen molar-refractivity contribution in [3.05, 3.63) is 28.3 Å². The number of alkyl halides is 3. The van der Waals surface area contributed by atoms with E-state index in [1.807, 2.05) is 0 Å². The molecule has 1 aromatic rings. The van der Waals surface area contributed by atoms with Crippen molar-refractivity contribution in [3.63, 3.8) is 0 Å². The Bertz CT molecular complexity index is 513. The van der Waals surface area contributed by atoms with Crippen molar-refractivity contribution in [1.82, 2.24) is 0 Å². The molecule has 1 aliphatic rings. The minimum Gasteiger partial charge on any atom is -0.508 e. The Morgan fingerprint density at radius 1 is 1.32 bits per heavy atom. The lowest BCUT2D eigenvalue weighted by atomic mass is 9.64. The van der Waals surface area contributed by atoms with Crippen molar-refractivity contribution in [2.45, 2.75) is 30.9 Å². The Hall–Kier alpha value is -1.43. The van der Waals surface area contributed by atoms with Gasteiger partial charge in [0.2, 0.25) is 0 Å². The molecule has 0 saturated heterocycles. The second kappa shape index (κ2) is 4.30. The molecule has 0 unspecified atom stereocenters. The minimum absolute atomic E-state index is 0.124. The lowest BCUT2D eigenvalue weighted by Gasteiger charge is -2.39. The number of phenols is 1. The van der Waals surface area contributed by atoms with Crippen LogP contribution in [0.25, 0.3) is 0 Å². The van der Waals surface area contributed by atoms with Gasteiger partial charge < -0.3 is 10.2 Å². The standard InChI is InChI=1S/C12H10ClF3O3/c13-7-4-6(12(14,15)16)5-8(17)9(7)11(10(18)19)2-1-3-11/h4-5,17H,1-3H2,(H,18,19). The van der Waals surface area contributed by atoms with Crippen LogP contribution >= 0.6 is 11.6 Å². The maximum absolute atomic E-state index is 12.5. The smallest absolute Gasteiger partial charge is 0.416 e. The molecule has 0 bridgehead atoms. The third-order valence-electron chi connectivity index (χ3n) is 3.49. The molecule has 0 aliphatic heterocycles. The van der Waals surface area contributed by atoms with Gasteiger partial charge in [0.25, 0.3) is 0 Å². The van der Waals surface area contributed by atoms with Crippen molar-refractivity contribution in [2.24, 2.45) is 0 Å². The maximum atomic E-state index is 12.5. The van der Waals surface area contributed by atoms with E-state index >= 15 is 0 Å². The number of carboxylic acid groups (broad SMARTS) is 1. The number of phenolic OH excluding ortho intramolecular Hbond substituents is 1. The van der Waals surface area contributed by atoms with Crippen LogP contribution in [0.5, 0.6) is 5.75 Å². The van der Waals surface area contributed by atoms with Gasteiger partial charge in [-0.3, -0.25) is 4.79 Å². The summed E-state index contributed by atoms with van der Waals surface area (Å²) < 4.78 is 37.6. The molecule has 1 aromatic carbocycles. The Balaban J connectivity index is 2.58. The van der Waals surface area contributed by atoms with Crippen LogP contribution in [0.3, 0.4) is 0 Å². The number of aromatic hydroxyl groups is 1. The van der Waals surface area contributed by atoms with E-state index in [1.165, 1.54) is 0 Å². The van der Waals surface area contributed by atoms with Gasteiger partial charge in [0.05, 0.1) is 11.0 Å². The van der Waals surface area contributed by atoms with E-state index in [1.54, 1.807) is 0 Å². The first-order valence-corrected chi connectivity index (χ1v) is 5.90. The van der Waals surface area contributed by atoms with E-state index in [2.05, 4.69) is 0 Å². The van der Waals surface area contributed by atoms with Crippen molar-refractivity contribution in [3.8, 4) is 5.75 Å². The number of carbonyl (C=O) groups is 1. The number of rotatable bonds is 2. The van der Waals surface area contributed by atoms with Gasteiger partial charge in [0, 0.05) is 10.6 Å². The van der Waals surface area contributed by atoms with Gasteiger partial charge in [0.15, 0.2) is 0 Å². The summed E-state index contributed by atoms with van der Waals surface area (Å²) >= 11 is 5.76.